The highest BCUT2D eigenvalue weighted by atomic mass is 35.5. The van der Waals surface area contributed by atoms with Gasteiger partial charge in [-0.25, -0.2) is 4.98 Å². The predicted octanol–water partition coefficient (Wildman–Crippen LogP) is 4.36. The fourth-order valence-corrected chi connectivity index (χ4v) is 4.24. The van der Waals surface area contributed by atoms with E-state index in [1.54, 1.807) is 17.4 Å². The summed E-state index contributed by atoms with van der Waals surface area (Å²) >= 11 is 13.9. The summed E-state index contributed by atoms with van der Waals surface area (Å²) in [5.41, 5.74) is 1.96. The molecule has 26 heavy (non-hydrogen) atoms. The maximum atomic E-state index is 6.29. The van der Waals surface area contributed by atoms with Crippen molar-refractivity contribution >= 4 is 56.5 Å². The quantitative estimate of drug-likeness (QED) is 0.695. The smallest absolute Gasteiger partial charge is 0.228 e. The van der Waals surface area contributed by atoms with Gasteiger partial charge in [-0.2, -0.15) is 4.98 Å². The molecule has 0 unspecified atom stereocenters. The van der Waals surface area contributed by atoms with Gasteiger partial charge in [0.05, 0.1) is 10.2 Å². The van der Waals surface area contributed by atoms with Gasteiger partial charge in [-0.1, -0.05) is 29.3 Å². The summed E-state index contributed by atoms with van der Waals surface area (Å²) in [6.45, 7) is 4.51. The lowest BCUT2D eigenvalue weighted by atomic mass is 10.2. The van der Waals surface area contributed by atoms with Crippen molar-refractivity contribution in [2.24, 2.45) is 0 Å². The molecule has 2 aromatic heterocycles. The molecule has 5 nitrogen and oxygen atoms in total. The van der Waals surface area contributed by atoms with Crippen LogP contribution in [0, 0.1) is 0 Å². The molecule has 3 heterocycles. The molecule has 0 saturated carbocycles. The zero-order valence-corrected chi connectivity index (χ0v) is 16.7. The molecule has 1 aliphatic rings. The summed E-state index contributed by atoms with van der Waals surface area (Å²) in [5.74, 6) is 1.64. The molecular formula is C18H19Cl2N5S. The summed E-state index contributed by atoms with van der Waals surface area (Å²) < 4.78 is 1.06. The number of hydrogen-bond acceptors (Lipinski definition) is 6. The summed E-state index contributed by atoms with van der Waals surface area (Å²) in [5, 5.41) is 6.77. The van der Waals surface area contributed by atoms with Crippen LogP contribution in [0.5, 0.6) is 0 Å². The Hall–Kier alpha value is -1.60. The third-order valence-corrected chi connectivity index (χ3v) is 6.04. The van der Waals surface area contributed by atoms with E-state index < -0.39 is 0 Å². The Bertz CT molecular complexity index is 921. The highest BCUT2D eigenvalue weighted by molar-refractivity contribution is 7.17. The number of rotatable bonds is 4. The van der Waals surface area contributed by atoms with E-state index in [0.717, 1.165) is 53.7 Å². The van der Waals surface area contributed by atoms with Gasteiger partial charge in [0.1, 0.15) is 5.82 Å². The SMILES string of the molecule is CN1CCN(c2nc(NCc3ccc(Cl)cc3Cl)c3sccc3n2)CC1. The topological polar surface area (TPSA) is 44.3 Å². The number of nitrogens with one attached hydrogen (secondary N) is 1. The Morgan fingerprint density at radius 1 is 1.12 bits per heavy atom. The molecule has 8 heteroatoms. The van der Waals surface area contributed by atoms with Gasteiger partial charge < -0.3 is 15.1 Å². The largest absolute Gasteiger partial charge is 0.365 e. The summed E-state index contributed by atoms with van der Waals surface area (Å²) in [6, 6.07) is 7.59. The average molecular weight is 408 g/mol. The minimum absolute atomic E-state index is 0.586. The Morgan fingerprint density at radius 3 is 2.69 bits per heavy atom. The minimum Gasteiger partial charge on any atom is -0.365 e. The number of halogens is 2. The normalized spacial score (nSPS) is 15.6. The number of nitrogens with zero attached hydrogens (tertiary/aromatic N) is 4. The Kier molecular flexibility index (Phi) is 5.18. The molecule has 1 N–H and O–H groups in total. The Balaban J connectivity index is 1.60. The van der Waals surface area contributed by atoms with Crippen LogP contribution < -0.4 is 10.2 Å². The lowest BCUT2D eigenvalue weighted by Crippen LogP contribution is -2.45. The van der Waals surface area contributed by atoms with E-state index >= 15 is 0 Å². The molecule has 0 amide bonds. The number of benzene rings is 1. The highest BCUT2D eigenvalue weighted by Gasteiger charge is 2.19. The fourth-order valence-electron chi connectivity index (χ4n) is 2.96. The maximum absolute atomic E-state index is 6.29. The van der Waals surface area contributed by atoms with Crippen molar-refractivity contribution in [2.45, 2.75) is 6.54 Å². The second-order valence-corrected chi connectivity index (χ2v) is 8.15. The Morgan fingerprint density at radius 2 is 1.92 bits per heavy atom. The number of aromatic nitrogens is 2. The van der Waals surface area contributed by atoms with Crippen LogP contribution in [0.3, 0.4) is 0 Å². The summed E-state index contributed by atoms with van der Waals surface area (Å²) in [7, 11) is 2.14. The van der Waals surface area contributed by atoms with Crippen LogP contribution in [0.15, 0.2) is 29.6 Å². The molecule has 0 spiro atoms. The van der Waals surface area contributed by atoms with Crippen molar-refractivity contribution in [3.05, 3.63) is 45.3 Å². The van der Waals surface area contributed by atoms with Crippen molar-refractivity contribution in [2.75, 3.05) is 43.4 Å². The van der Waals surface area contributed by atoms with Crippen LogP contribution >= 0.6 is 34.5 Å². The van der Waals surface area contributed by atoms with Crippen LogP contribution in [0.25, 0.3) is 10.2 Å². The second kappa shape index (κ2) is 7.56. The molecule has 0 radical (unpaired) electrons. The van der Waals surface area contributed by atoms with Crippen molar-refractivity contribution < 1.29 is 0 Å². The van der Waals surface area contributed by atoms with Crippen molar-refractivity contribution in [3.8, 4) is 0 Å². The molecule has 1 aromatic carbocycles. The van der Waals surface area contributed by atoms with E-state index in [1.165, 1.54) is 0 Å². The fraction of sp³-hybridized carbons (Fsp3) is 0.333. The lowest BCUT2D eigenvalue weighted by Gasteiger charge is -2.32. The van der Waals surface area contributed by atoms with Gasteiger partial charge in [0.2, 0.25) is 5.95 Å². The first kappa shape index (κ1) is 17.8. The van der Waals surface area contributed by atoms with Gasteiger partial charge in [0.25, 0.3) is 0 Å². The van der Waals surface area contributed by atoms with E-state index in [0.29, 0.717) is 16.6 Å². The molecule has 0 aliphatic carbocycles. The van der Waals surface area contributed by atoms with Crippen LogP contribution in [0.1, 0.15) is 5.56 Å². The van der Waals surface area contributed by atoms with E-state index in [-0.39, 0.29) is 0 Å². The number of fused-ring (bicyclic) bond motifs is 1. The van der Waals surface area contributed by atoms with Crippen molar-refractivity contribution in [1.82, 2.24) is 14.9 Å². The van der Waals surface area contributed by atoms with E-state index in [4.69, 9.17) is 33.2 Å². The first-order valence-electron chi connectivity index (χ1n) is 8.47. The van der Waals surface area contributed by atoms with Crippen LogP contribution in [0.4, 0.5) is 11.8 Å². The monoisotopic (exact) mass is 407 g/mol. The van der Waals surface area contributed by atoms with Gasteiger partial charge in [-0.15, -0.1) is 11.3 Å². The summed E-state index contributed by atoms with van der Waals surface area (Å²) in [4.78, 5) is 14.1. The zero-order chi connectivity index (χ0) is 18.1. The third kappa shape index (κ3) is 3.74. The maximum Gasteiger partial charge on any atom is 0.228 e. The molecular weight excluding hydrogens is 389 g/mol. The molecule has 0 bridgehead atoms. The van der Waals surface area contributed by atoms with Crippen molar-refractivity contribution in [1.29, 1.82) is 0 Å². The first-order chi connectivity index (χ1) is 12.6. The summed E-state index contributed by atoms with van der Waals surface area (Å²) in [6.07, 6.45) is 0. The van der Waals surface area contributed by atoms with Crippen molar-refractivity contribution in [3.63, 3.8) is 0 Å². The van der Waals surface area contributed by atoms with Gasteiger partial charge in [0, 0.05) is 42.8 Å². The molecule has 136 valence electrons. The van der Waals surface area contributed by atoms with Crippen LogP contribution in [-0.2, 0) is 6.54 Å². The van der Waals surface area contributed by atoms with E-state index in [1.807, 2.05) is 23.6 Å². The van der Waals surface area contributed by atoms with E-state index in [2.05, 4.69) is 22.2 Å². The molecule has 3 aromatic rings. The molecule has 0 atom stereocenters. The molecule has 1 aliphatic heterocycles. The minimum atomic E-state index is 0.586. The van der Waals surface area contributed by atoms with Gasteiger partial charge in [-0.05, 0) is 36.2 Å². The second-order valence-electron chi connectivity index (χ2n) is 6.39. The standard InChI is InChI=1S/C18H19Cl2N5S/c1-24-5-7-25(8-6-24)18-22-15-4-9-26-16(15)17(23-18)21-11-12-2-3-13(19)10-14(12)20/h2-4,9-10H,5-8,11H2,1H3,(H,21,22,23). The first-order valence-corrected chi connectivity index (χ1v) is 10.1. The molecule has 1 saturated heterocycles. The third-order valence-electron chi connectivity index (χ3n) is 4.54. The lowest BCUT2D eigenvalue weighted by molar-refractivity contribution is 0.311. The van der Waals surface area contributed by atoms with Gasteiger partial charge in [0.15, 0.2) is 0 Å². The highest BCUT2D eigenvalue weighted by Crippen LogP contribution is 2.30. The van der Waals surface area contributed by atoms with Crippen LogP contribution in [-0.4, -0.2) is 48.1 Å². The van der Waals surface area contributed by atoms with Gasteiger partial charge >= 0.3 is 0 Å². The number of anilines is 2. The average Bonchev–Trinajstić information content (AvgIpc) is 3.10. The number of hydrogen-bond donors (Lipinski definition) is 1. The molecule has 4 rings (SSSR count). The zero-order valence-electron chi connectivity index (χ0n) is 14.4. The van der Waals surface area contributed by atoms with Crippen LogP contribution in [0.2, 0.25) is 10.0 Å². The Labute approximate surface area is 166 Å². The number of likely N-dealkylation sites (N-methyl/N-ethyl adjacent to an activating group) is 1. The number of thiophene rings is 1. The molecule has 1 fully saturated rings. The van der Waals surface area contributed by atoms with Gasteiger partial charge in [-0.3, -0.25) is 0 Å². The number of piperazine rings is 1. The van der Waals surface area contributed by atoms with E-state index in [9.17, 15) is 0 Å². The predicted molar refractivity (Wildman–Crippen MR) is 111 cm³/mol.